The number of hydrogen-bond donors (Lipinski definition) is 4. The van der Waals surface area contributed by atoms with E-state index in [-0.39, 0.29) is 17.8 Å². The number of benzene rings is 1. The van der Waals surface area contributed by atoms with Gasteiger partial charge in [-0.3, -0.25) is 20.0 Å². The summed E-state index contributed by atoms with van der Waals surface area (Å²) in [5.41, 5.74) is 1.64. The van der Waals surface area contributed by atoms with Crippen molar-refractivity contribution in [3.63, 3.8) is 0 Å². The molecule has 2 saturated heterocycles. The zero-order valence-electron chi connectivity index (χ0n) is 28.4. The zero-order valence-corrected chi connectivity index (χ0v) is 28.4. The first-order valence-electron chi connectivity index (χ1n) is 16.7. The van der Waals surface area contributed by atoms with Crippen molar-refractivity contribution in [1.82, 2.24) is 20.2 Å². The lowest BCUT2D eigenvalue weighted by molar-refractivity contribution is 0.0369. The molecule has 14 nitrogen and oxygen atoms in total. The van der Waals surface area contributed by atoms with Crippen LogP contribution in [-0.2, 0) is 14.2 Å². The summed E-state index contributed by atoms with van der Waals surface area (Å²) in [7, 11) is 0. The molecule has 1 unspecified atom stereocenters. The monoisotopic (exact) mass is 674 g/mol. The first-order chi connectivity index (χ1) is 23.6. The minimum atomic E-state index is -0.671. The minimum absolute atomic E-state index is 0.179. The van der Waals surface area contributed by atoms with Crippen molar-refractivity contribution in [2.75, 3.05) is 80.0 Å². The molecule has 1 atom stereocenters. The van der Waals surface area contributed by atoms with E-state index in [0.29, 0.717) is 36.7 Å². The Bertz CT molecular complexity index is 1530. The molecule has 2 fully saturated rings. The quantitative estimate of drug-likeness (QED) is 0.221. The Kier molecular flexibility index (Phi) is 12.4. The molecule has 2 aromatic heterocycles. The van der Waals surface area contributed by atoms with Gasteiger partial charge in [-0.05, 0) is 76.1 Å². The number of amides is 4. The Morgan fingerprint density at radius 1 is 0.837 bits per heavy atom. The van der Waals surface area contributed by atoms with Crippen LogP contribution in [0.1, 0.15) is 55.7 Å². The van der Waals surface area contributed by atoms with E-state index in [0.717, 1.165) is 63.7 Å². The second-order valence-electron chi connectivity index (χ2n) is 12.9. The van der Waals surface area contributed by atoms with Gasteiger partial charge >= 0.3 is 12.1 Å². The lowest BCUT2D eigenvalue weighted by Gasteiger charge is -2.28. The zero-order chi connectivity index (χ0) is 34.6. The summed E-state index contributed by atoms with van der Waals surface area (Å²) in [4.78, 5) is 52.2. The summed E-state index contributed by atoms with van der Waals surface area (Å²) in [5, 5.41) is 11.5. The van der Waals surface area contributed by atoms with Gasteiger partial charge in [0.1, 0.15) is 17.1 Å². The molecule has 262 valence electrons. The Hall–Kier alpha value is -4.79. The molecular formula is C35H46N8O6. The van der Waals surface area contributed by atoms with Gasteiger partial charge in [0, 0.05) is 32.4 Å². The minimum Gasteiger partial charge on any atom is -0.444 e. The van der Waals surface area contributed by atoms with E-state index in [2.05, 4.69) is 41.0 Å². The summed E-state index contributed by atoms with van der Waals surface area (Å²) in [6.45, 7) is 12.3. The number of nitrogens with zero attached hydrogens (tertiary/aromatic N) is 4. The molecule has 49 heavy (non-hydrogen) atoms. The molecule has 0 saturated carbocycles. The predicted octanol–water partition coefficient (Wildman–Crippen LogP) is 4.89. The predicted molar refractivity (Wildman–Crippen MR) is 187 cm³/mol. The van der Waals surface area contributed by atoms with Crippen LogP contribution in [-0.4, -0.2) is 97.7 Å². The van der Waals surface area contributed by atoms with Crippen LogP contribution in [0, 0.1) is 0 Å². The highest BCUT2D eigenvalue weighted by Crippen LogP contribution is 2.24. The maximum atomic E-state index is 13.2. The summed E-state index contributed by atoms with van der Waals surface area (Å²) in [6.07, 6.45) is 4.13. The van der Waals surface area contributed by atoms with Gasteiger partial charge in [-0.25, -0.2) is 14.6 Å². The van der Waals surface area contributed by atoms with Gasteiger partial charge in [0.2, 0.25) is 0 Å². The van der Waals surface area contributed by atoms with E-state index < -0.39 is 17.6 Å². The number of pyridine rings is 2. The summed E-state index contributed by atoms with van der Waals surface area (Å²) < 4.78 is 16.2. The molecule has 4 N–H and O–H groups in total. The van der Waals surface area contributed by atoms with E-state index in [1.54, 1.807) is 69.6 Å². The second kappa shape index (κ2) is 17.0. The summed E-state index contributed by atoms with van der Waals surface area (Å²) in [6, 6.07) is 13.3. The van der Waals surface area contributed by atoms with Crippen molar-refractivity contribution in [2.24, 2.45) is 0 Å². The van der Waals surface area contributed by atoms with E-state index in [4.69, 9.17) is 14.2 Å². The third-order valence-corrected chi connectivity index (χ3v) is 7.95. The fourth-order valence-electron chi connectivity index (χ4n) is 5.48. The summed E-state index contributed by atoms with van der Waals surface area (Å²) >= 11 is 0. The average Bonchev–Trinajstić information content (AvgIpc) is 3.09. The van der Waals surface area contributed by atoms with Gasteiger partial charge in [-0.1, -0.05) is 18.2 Å². The molecule has 3 aromatic rings. The van der Waals surface area contributed by atoms with Crippen LogP contribution < -0.4 is 26.2 Å². The number of para-hydroxylation sites is 2. The smallest absolute Gasteiger partial charge is 0.412 e. The van der Waals surface area contributed by atoms with E-state index in [1.165, 1.54) is 0 Å². The van der Waals surface area contributed by atoms with E-state index >= 15 is 0 Å². The Balaban J connectivity index is 1.22. The number of anilines is 4. The number of nitrogens with one attached hydrogen (secondary N) is 4. The first kappa shape index (κ1) is 35.5. The largest absolute Gasteiger partial charge is 0.444 e. The van der Waals surface area contributed by atoms with Crippen LogP contribution in [0.2, 0.25) is 0 Å². The standard InChI is InChI=1S/C35H46N8O6/c1-35(2,3)49-34(46)41-29-8-5-4-7-28(29)39-32(44)30-12-10-25(23-36-30)27(9-6-14-42-15-19-47-20-16-42)40-33(45)38-26-11-13-31(37-24-26)43-17-21-48-22-18-43/h4-5,7-8,10-13,23-24,27H,6,9,14-22H2,1-3H3,(H,39,44)(H,41,46)(H2,38,40,45). The average molecular weight is 675 g/mol. The fourth-order valence-corrected chi connectivity index (χ4v) is 5.48. The molecule has 0 aliphatic carbocycles. The van der Waals surface area contributed by atoms with Crippen LogP contribution in [0.3, 0.4) is 0 Å². The Morgan fingerprint density at radius 2 is 1.53 bits per heavy atom. The van der Waals surface area contributed by atoms with Crippen molar-refractivity contribution in [1.29, 1.82) is 0 Å². The molecule has 0 radical (unpaired) electrons. The highest BCUT2D eigenvalue weighted by molar-refractivity contribution is 6.05. The number of rotatable bonds is 11. The van der Waals surface area contributed by atoms with Crippen LogP contribution in [0.25, 0.3) is 0 Å². The maximum absolute atomic E-state index is 13.2. The molecule has 2 aliphatic heterocycles. The maximum Gasteiger partial charge on any atom is 0.412 e. The van der Waals surface area contributed by atoms with Gasteiger partial charge in [-0.2, -0.15) is 0 Å². The van der Waals surface area contributed by atoms with Gasteiger partial charge < -0.3 is 35.1 Å². The molecule has 4 heterocycles. The SMILES string of the molecule is CC(C)(C)OC(=O)Nc1ccccc1NC(=O)c1ccc(C(CCCN2CCOCC2)NC(=O)Nc2ccc(N3CCOCC3)nc2)cn1. The van der Waals surface area contributed by atoms with Gasteiger partial charge in [-0.15, -0.1) is 0 Å². The van der Waals surface area contributed by atoms with Crippen LogP contribution >= 0.6 is 0 Å². The molecule has 1 aromatic carbocycles. The van der Waals surface area contributed by atoms with Crippen LogP contribution in [0.15, 0.2) is 60.9 Å². The number of ether oxygens (including phenoxy) is 3. The van der Waals surface area contributed by atoms with Crippen molar-refractivity contribution in [3.8, 4) is 0 Å². The molecule has 5 rings (SSSR count). The molecule has 2 aliphatic rings. The van der Waals surface area contributed by atoms with Crippen LogP contribution in [0.5, 0.6) is 0 Å². The normalized spacial score (nSPS) is 15.9. The fraction of sp³-hybridized carbons (Fsp3) is 0.457. The third-order valence-electron chi connectivity index (χ3n) is 7.95. The van der Waals surface area contributed by atoms with Gasteiger partial charge in [0.15, 0.2) is 0 Å². The van der Waals surface area contributed by atoms with Gasteiger partial charge in [0.25, 0.3) is 5.91 Å². The highest BCUT2D eigenvalue weighted by Gasteiger charge is 2.21. The lowest BCUT2D eigenvalue weighted by Crippen LogP contribution is -2.37. The van der Waals surface area contributed by atoms with E-state index in [1.807, 2.05) is 12.1 Å². The number of carbonyl (C=O) groups excluding carboxylic acids is 3. The number of morpholine rings is 2. The molecule has 0 bridgehead atoms. The number of carbonyl (C=O) groups is 3. The van der Waals surface area contributed by atoms with Crippen LogP contribution in [0.4, 0.5) is 32.5 Å². The van der Waals surface area contributed by atoms with Crippen molar-refractivity contribution < 1.29 is 28.6 Å². The summed E-state index contributed by atoms with van der Waals surface area (Å²) in [5.74, 6) is 0.390. The highest BCUT2D eigenvalue weighted by atomic mass is 16.6. The molecule has 4 amide bonds. The number of aromatic nitrogens is 2. The molecule has 14 heteroatoms. The van der Waals surface area contributed by atoms with Crippen molar-refractivity contribution in [3.05, 3.63) is 72.2 Å². The molecular weight excluding hydrogens is 628 g/mol. The second-order valence-corrected chi connectivity index (χ2v) is 12.9. The Labute approximate surface area is 286 Å². The van der Waals surface area contributed by atoms with Crippen molar-refractivity contribution >= 4 is 40.9 Å². The number of urea groups is 1. The lowest BCUT2D eigenvalue weighted by atomic mass is 10.0. The number of hydrogen-bond acceptors (Lipinski definition) is 10. The van der Waals surface area contributed by atoms with E-state index in [9.17, 15) is 14.4 Å². The topological polar surface area (TPSA) is 159 Å². The van der Waals surface area contributed by atoms with Gasteiger partial charge in [0.05, 0.1) is 55.7 Å². The third kappa shape index (κ3) is 11.1. The Morgan fingerprint density at radius 3 is 2.16 bits per heavy atom. The molecule has 0 spiro atoms. The van der Waals surface area contributed by atoms with Crippen molar-refractivity contribution in [2.45, 2.75) is 45.3 Å². The first-order valence-corrected chi connectivity index (χ1v) is 16.7.